The molecule has 0 bridgehead atoms. The maximum Gasteiger partial charge on any atom is 0.198 e. The van der Waals surface area contributed by atoms with Gasteiger partial charge in [0.15, 0.2) is 5.88 Å². The van der Waals surface area contributed by atoms with Crippen LogP contribution in [-0.2, 0) is 0 Å². The molecular weight excluding hydrogens is 262 g/mol. The van der Waals surface area contributed by atoms with E-state index in [-0.39, 0.29) is 5.88 Å². The third-order valence-electron chi connectivity index (χ3n) is 3.33. The van der Waals surface area contributed by atoms with Crippen LogP contribution in [0.15, 0.2) is 47.5 Å². The highest BCUT2D eigenvalue weighted by atomic mass is 16.3. The second-order valence-corrected chi connectivity index (χ2v) is 4.82. The Morgan fingerprint density at radius 1 is 1.24 bits per heavy atom. The molecule has 0 atom stereocenters. The summed E-state index contributed by atoms with van der Waals surface area (Å²) in [6.07, 6.45) is 1.58. The summed E-state index contributed by atoms with van der Waals surface area (Å²) < 4.78 is 0. The number of aliphatic imine (C=N–C) groups is 1. The van der Waals surface area contributed by atoms with Crippen LogP contribution in [0.1, 0.15) is 16.7 Å². The second kappa shape index (κ2) is 5.14. The lowest BCUT2D eigenvalue weighted by atomic mass is 10.1. The summed E-state index contributed by atoms with van der Waals surface area (Å²) >= 11 is 0. The van der Waals surface area contributed by atoms with E-state index in [9.17, 15) is 5.11 Å². The molecule has 0 saturated carbocycles. The molecule has 0 fully saturated rings. The zero-order chi connectivity index (χ0) is 14.8. The number of para-hydroxylation sites is 1. The molecule has 0 radical (unpaired) electrons. The van der Waals surface area contributed by atoms with Crippen molar-refractivity contribution in [1.82, 2.24) is 4.98 Å². The largest absolute Gasteiger partial charge is 0.494 e. The molecule has 102 valence electrons. The van der Waals surface area contributed by atoms with Crippen molar-refractivity contribution in [2.24, 2.45) is 4.99 Å². The van der Waals surface area contributed by atoms with Gasteiger partial charge >= 0.3 is 0 Å². The molecule has 2 N–H and O–H groups in total. The number of fused-ring (bicyclic) bond motifs is 1. The number of aromatic nitrogens is 1. The Labute approximate surface area is 122 Å². The highest BCUT2D eigenvalue weighted by Crippen LogP contribution is 2.27. The molecule has 0 aliphatic carbocycles. The minimum Gasteiger partial charge on any atom is -0.494 e. The summed E-state index contributed by atoms with van der Waals surface area (Å²) in [7, 11) is 0. The van der Waals surface area contributed by atoms with E-state index in [1.54, 1.807) is 24.4 Å². The number of nitrogens with zero attached hydrogens (tertiary/aromatic N) is 2. The van der Waals surface area contributed by atoms with Gasteiger partial charge in [0.2, 0.25) is 0 Å². The first-order valence-corrected chi connectivity index (χ1v) is 6.53. The number of H-pyrrole nitrogens is 1. The number of hydrogen-bond donors (Lipinski definition) is 2. The Bertz CT molecular complexity index is 885. The van der Waals surface area contributed by atoms with Gasteiger partial charge in [-0.15, -0.1) is 0 Å². The summed E-state index contributed by atoms with van der Waals surface area (Å²) in [5.74, 6) is 0.0776. The van der Waals surface area contributed by atoms with E-state index in [0.717, 1.165) is 16.5 Å². The topological polar surface area (TPSA) is 72.2 Å². The van der Waals surface area contributed by atoms with Gasteiger partial charge in [0.25, 0.3) is 0 Å². The molecule has 1 heterocycles. The number of hydrogen-bond acceptors (Lipinski definition) is 3. The molecular formula is C17H13N3O. The van der Waals surface area contributed by atoms with Crippen molar-refractivity contribution in [2.75, 3.05) is 0 Å². The van der Waals surface area contributed by atoms with E-state index in [1.807, 2.05) is 31.2 Å². The van der Waals surface area contributed by atoms with E-state index in [2.05, 4.69) is 16.0 Å². The van der Waals surface area contributed by atoms with Gasteiger partial charge in [-0.1, -0.05) is 24.3 Å². The lowest BCUT2D eigenvalue weighted by Crippen LogP contribution is -1.81. The lowest BCUT2D eigenvalue weighted by Gasteiger charge is -1.97. The summed E-state index contributed by atoms with van der Waals surface area (Å²) in [6.45, 7) is 1.99. The van der Waals surface area contributed by atoms with Crippen LogP contribution in [0.3, 0.4) is 0 Å². The number of aryl methyl sites for hydroxylation is 1. The minimum absolute atomic E-state index is 0.0776. The van der Waals surface area contributed by atoms with E-state index in [4.69, 9.17) is 5.26 Å². The van der Waals surface area contributed by atoms with Crippen LogP contribution >= 0.6 is 0 Å². The van der Waals surface area contributed by atoms with E-state index in [1.165, 1.54) is 0 Å². The first-order valence-electron chi connectivity index (χ1n) is 6.53. The normalized spacial score (nSPS) is 11.0. The number of nitrogens with one attached hydrogen (secondary N) is 1. The summed E-state index contributed by atoms with van der Waals surface area (Å²) in [5.41, 5.74) is 3.69. The van der Waals surface area contributed by atoms with Crippen LogP contribution in [0.4, 0.5) is 5.69 Å². The van der Waals surface area contributed by atoms with Crippen molar-refractivity contribution in [3.63, 3.8) is 0 Å². The summed E-state index contributed by atoms with van der Waals surface area (Å²) in [4.78, 5) is 7.26. The van der Waals surface area contributed by atoms with Crippen LogP contribution in [0.25, 0.3) is 10.9 Å². The van der Waals surface area contributed by atoms with Crippen molar-refractivity contribution in [1.29, 1.82) is 5.26 Å². The van der Waals surface area contributed by atoms with Crippen LogP contribution < -0.4 is 0 Å². The average Bonchev–Trinajstić information content (AvgIpc) is 2.80. The van der Waals surface area contributed by atoms with E-state index >= 15 is 0 Å². The zero-order valence-electron chi connectivity index (χ0n) is 11.5. The van der Waals surface area contributed by atoms with Gasteiger partial charge in [0.05, 0.1) is 16.8 Å². The number of rotatable bonds is 2. The van der Waals surface area contributed by atoms with Crippen molar-refractivity contribution in [3.05, 3.63) is 59.2 Å². The lowest BCUT2D eigenvalue weighted by molar-refractivity contribution is 0.457. The molecule has 0 aliphatic rings. The summed E-state index contributed by atoms with van der Waals surface area (Å²) in [5, 5.41) is 20.0. The molecule has 2 aromatic carbocycles. The van der Waals surface area contributed by atoms with Crippen molar-refractivity contribution >= 4 is 22.8 Å². The second-order valence-electron chi connectivity index (χ2n) is 4.82. The molecule has 3 rings (SSSR count). The van der Waals surface area contributed by atoms with Gasteiger partial charge in [0, 0.05) is 17.1 Å². The number of aromatic amines is 1. The highest BCUT2D eigenvalue weighted by molar-refractivity contribution is 6.02. The van der Waals surface area contributed by atoms with E-state index < -0.39 is 0 Å². The predicted octanol–water partition coefficient (Wildman–Crippen LogP) is 3.80. The number of nitriles is 1. The van der Waals surface area contributed by atoms with Gasteiger partial charge in [-0.2, -0.15) is 5.26 Å². The van der Waals surface area contributed by atoms with Gasteiger partial charge in [-0.3, -0.25) is 4.99 Å². The standard InChI is InChI=1S/C17H13N3O/c1-11-6-7-13-14(17(21)20-16(13)8-11)10-19-15-5-3-2-4-12(15)9-18/h2-8,10,20-21H,1H3. The Hall–Kier alpha value is -3.06. The fourth-order valence-corrected chi connectivity index (χ4v) is 2.26. The molecule has 0 saturated heterocycles. The van der Waals surface area contributed by atoms with Gasteiger partial charge in [0.1, 0.15) is 6.07 Å². The zero-order valence-corrected chi connectivity index (χ0v) is 11.5. The molecule has 3 aromatic rings. The molecule has 0 spiro atoms. The van der Waals surface area contributed by atoms with E-state index in [0.29, 0.717) is 16.8 Å². The Morgan fingerprint density at radius 2 is 2.05 bits per heavy atom. The molecule has 0 unspecified atom stereocenters. The Morgan fingerprint density at radius 3 is 2.86 bits per heavy atom. The van der Waals surface area contributed by atoms with Crippen molar-refractivity contribution in [2.45, 2.75) is 6.92 Å². The molecule has 21 heavy (non-hydrogen) atoms. The SMILES string of the molecule is Cc1ccc2c(C=Nc3ccccc3C#N)c(O)[nH]c2c1. The first kappa shape index (κ1) is 12.9. The maximum atomic E-state index is 10.0. The monoisotopic (exact) mass is 275 g/mol. The number of aromatic hydroxyl groups is 1. The third-order valence-corrected chi connectivity index (χ3v) is 3.33. The molecule has 1 aromatic heterocycles. The van der Waals surface area contributed by atoms with Crippen molar-refractivity contribution in [3.8, 4) is 11.9 Å². The molecule has 4 nitrogen and oxygen atoms in total. The molecule has 0 amide bonds. The smallest absolute Gasteiger partial charge is 0.198 e. The molecule has 0 aliphatic heterocycles. The highest BCUT2D eigenvalue weighted by Gasteiger charge is 2.09. The fourth-order valence-electron chi connectivity index (χ4n) is 2.26. The fraction of sp³-hybridized carbons (Fsp3) is 0.0588. The van der Waals surface area contributed by atoms with Crippen LogP contribution in [0.2, 0.25) is 0 Å². The molecule has 4 heteroatoms. The quantitative estimate of drug-likeness (QED) is 0.698. The minimum atomic E-state index is 0.0776. The third kappa shape index (κ3) is 2.37. The van der Waals surface area contributed by atoms with Gasteiger partial charge < -0.3 is 10.1 Å². The Balaban J connectivity index is 2.08. The van der Waals surface area contributed by atoms with Crippen LogP contribution in [0, 0.1) is 18.3 Å². The predicted molar refractivity (Wildman–Crippen MR) is 83.1 cm³/mol. The maximum absolute atomic E-state index is 10.0. The number of benzene rings is 2. The average molecular weight is 275 g/mol. The first-order chi connectivity index (χ1) is 10.2. The van der Waals surface area contributed by atoms with Crippen molar-refractivity contribution < 1.29 is 5.11 Å². The van der Waals surface area contributed by atoms with Crippen LogP contribution in [0.5, 0.6) is 5.88 Å². The van der Waals surface area contributed by atoms with Crippen LogP contribution in [-0.4, -0.2) is 16.3 Å². The summed E-state index contributed by atoms with van der Waals surface area (Å²) in [6, 6.07) is 15.1. The Kier molecular flexibility index (Phi) is 3.17. The van der Waals surface area contributed by atoms with Gasteiger partial charge in [-0.05, 0) is 30.7 Å². The van der Waals surface area contributed by atoms with Gasteiger partial charge in [-0.25, -0.2) is 0 Å².